The first-order valence-corrected chi connectivity index (χ1v) is 7.79. The fraction of sp³-hybridized carbons (Fsp3) is 0.375. The van der Waals surface area contributed by atoms with Crippen molar-refractivity contribution in [1.29, 1.82) is 0 Å². The minimum atomic E-state index is -0.837. The summed E-state index contributed by atoms with van der Waals surface area (Å²) in [7, 11) is 1.60. The number of halogens is 2. The minimum Gasteiger partial charge on any atom is -0.386 e. The molecule has 124 valence electrons. The van der Waals surface area contributed by atoms with Crippen molar-refractivity contribution in [3.05, 3.63) is 46.5 Å². The SMILES string of the molecule is COCC(C)(C)C(O)C(=Cc1ccc(Cl)cc1Cl)n1cncn1. The number of aliphatic hydroxyl groups is 1. The molecule has 0 radical (unpaired) electrons. The first kappa shape index (κ1) is 17.9. The summed E-state index contributed by atoms with van der Waals surface area (Å²) < 4.78 is 6.73. The van der Waals surface area contributed by atoms with Crippen LogP contribution in [-0.2, 0) is 4.74 Å². The summed E-state index contributed by atoms with van der Waals surface area (Å²) in [6, 6.07) is 5.18. The Hall–Kier alpha value is -1.40. The smallest absolute Gasteiger partial charge is 0.138 e. The van der Waals surface area contributed by atoms with Crippen LogP contribution in [0, 0.1) is 5.41 Å². The van der Waals surface area contributed by atoms with Gasteiger partial charge in [-0.2, -0.15) is 5.10 Å². The Balaban J connectivity index is 2.49. The molecule has 2 rings (SSSR count). The number of hydrogen-bond donors (Lipinski definition) is 1. The zero-order valence-electron chi connectivity index (χ0n) is 13.2. The third-order valence-corrected chi connectivity index (χ3v) is 4.05. The Morgan fingerprint density at radius 3 is 2.74 bits per heavy atom. The van der Waals surface area contributed by atoms with Crippen molar-refractivity contribution in [2.75, 3.05) is 13.7 Å². The van der Waals surface area contributed by atoms with Gasteiger partial charge in [0.2, 0.25) is 0 Å². The van der Waals surface area contributed by atoms with E-state index in [1.807, 2.05) is 13.8 Å². The van der Waals surface area contributed by atoms with Crippen LogP contribution in [0.2, 0.25) is 10.0 Å². The van der Waals surface area contributed by atoms with Crippen LogP contribution in [0.25, 0.3) is 11.8 Å². The number of benzene rings is 1. The number of rotatable bonds is 6. The highest BCUT2D eigenvalue weighted by Crippen LogP contribution is 2.31. The van der Waals surface area contributed by atoms with E-state index < -0.39 is 11.5 Å². The van der Waals surface area contributed by atoms with Gasteiger partial charge in [-0.1, -0.05) is 43.1 Å². The Bertz CT molecular complexity index is 685. The summed E-state index contributed by atoms with van der Waals surface area (Å²) in [4.78, 5) is 3.95. The molecule has 0 aliphatic heterocycles. The molecule has 0 spiro atoms. The van der Waals surface area contributed by atoms with Crippen molar-refractivity contribution in [2.45, 2.75) is 20.0 Å². The molecule has 2 aromatic rings. The van der Waals surface area contributed by atoms with Crippen LogP contribution < -0.4 is 0 Å². The molecule has 0 bridgehead atoms. The van der Waals surface area contributed by atoms with E-state index in [1.165, 1.54) is 17.3 Å². The highest BCUT2D eigenvalue weighted by Gasteiger charge is 2.32. The van der Waals surface area contributed by atoms with Gasteiger partial charge in [0.05, 0.1) is 12.3 Å². The molecule has 0 fully saturated rings. The molecule has 1 unspecified atom stereocenters. The number of nitrogens with zero attached hydrogens (tertiary/aromatic N) is 3. The molecule has 1 aromatic heterocycles. The number of aliphatic hydroxyl groups excluding tert-OH is 1. The normalized spacial score (nSPS) is 14.1. The van der Waals surface area contributed by atoms with Crippen LogP contribution in [0.4, 0.5) is 0 Å². The topological polar surface area (TPSA) is 60.2 Å². The first-order valence-electron chi connectivity index (χ1n) is 7.04. The van der Waals surface area contributed by atoms with E-state index >= 15 is 0 Å². The zero-order chi connectivity index (χ0) is 17.0. The summed E-state index contributed by atoms with van der Waals surface area (Å²) in [5.41, 5.74) is 0.758. The van der Waals surface area contributed by atoms with E-state index in [9.17, 15) is 5.11 Å². The van der Waals surface area contributed by atoms with Gasteiger partial charge in [0.1, 0.15) is 18.8 Å². The molecule has 1 atom stereocenters. The van der Waals surface area contributed by atoms with Crippen LogP contribution in [-0.4, -0.2) is 39.7 Å². The number of ether oxygens (including phenoxy) is 1. The number of hydrogen-bond acceptors (Lipinski definition) is 4. The van der Waals surface area contributed by atoms with Gasteiger partial charge in [0.15, 0.2) is 0 Å². The van der Waals surface area contributed by atoms with E-state index in [1.54, 1.807) is 31.4 Å². The summed E-state index contributed by atoms with van der Waals surface area (Å²) in [5, 5.41) is 16.0. The Morgan fingerprint density at radius 1 is 1.43 bits per heavy atom. The summed E-state index contributed by atoms with van der Waals surface area (Å²) in [5.74, 6) is 0. The first-order chi connectivity index (χ1) is 10.8. The largest absolute Gasteiger partial charge is 0.386 e. The fourth-order valence-electron chi connectivity index (χ4n) is 2.24. The molecule has 0 aliphatic carbocycles. The summed E-state index contributed by atoms with van der Waals surface area (Å²) in [6.45, 7) is 4.21. The van der Waals surface area contributed by atoms with Crippen LogP contribution in [0.3, 0.4) is 0 Å². The van der Waals surface area contributed by atoms with Crippen LogP contribution in [0.5, 0.6) is 0 Å². The molecular formula is C16H19Cl2N3O2. The van der Waals surface area contributed by atoms with Gasteiger partial charge in [0.25, 0.3) is 0 Å². The van der Waals surface area contributed by atoms with Gasteiger partial charge in [-0.25, -0.2) is 9.67 Å². The second-order valence-corrected chi connectivity index (χ2v) is 6.74. The van der Waals surface area contributed by atoms with Gasteiger partial charge in [-0.3, -0.25) is 0 Å². The second-order valence-electron chi connectivity index (χ2n) is 5.90. The van der Waals surface area contributed by atoms with Crippen molar-refractivity contribution in [3.63, 3.8) is 0 Å². The average molecular weight is 356 g/mol. The van der Waals surface area contributed by atoms with Crippen molar-refractivity contribution in [2.24, 2.45) is 5.41 Å². The fourth-order valence-corrected chi connectivity index (χ4v) is 2.70. The number of methoxy groups -OCH3 is 1. The third kappa shape index (κ3) is 4.32. The zero-order valence-corrected chi connectivity index (χ0v) is 14.7. The van der Waals surface area contributed by atoms with Crippen molar-refractivity contribution >= 4 is 35.0 Å². The maximum absolute atomic E-state index is 10.8. The lowest BCUT2D eigenvalue weighted by molar-refractivity contribution is 0.0201. The van der Waals surface area contributed by atoms with E-state index in [-0.39, 0.29) is 0 Å². The molecule has 23 heavy (non-hydrogen) atoms. The van der Waals surface area contributed by atoms with E-state index in [2.05, 4.69) is 10.1 Å². The van der Waals surface area contributed by atoms with Crippen molar-refractivity contribution < 1.29 is 9.84 Å². The van der Waals surface area contributed by atoms with Gasteiger partial charge < -0.3 is 9.84 Å². The standard InChI is InChI=1S/C16H19Cl2N3O2/c1-16(2,8-23-3)15(22)14(21-10-19-9-20-21)6-11-4-5-12(17)7-13(11)18/h4-7,9-10,15,22H,8H2,1-3H3. The average Bonchev–Trinajstić information content (AvgIpc) is 3.00. The molecule has 0 saturated carbocycles. The highest BCUT2D eigenvalue weighted by molar-refractivity contribution is 6.35. The monoisotopic (exact) mass is 355 g/mol. The quantitative estimate of drug-likeness (QED) is 0.859. The minimum absolute atomic E-state index is 0.383. The predicted octanol–water partition coefficient (Wildman–Crippen LogP) is 3.62. The lowest BCUT2D eigenvalue weighted by atomic mass is 9.85. The molecular weight excluding hydrogens is 337 g/mol. The maximum Gasteiger partial charge on any atom is 0.138 e. The van der Waals surface area contributed by atoms with Gasteiger partial charge in [-0.15, -0.1) is 0 Å². The highest BCUT2D eigenvalue weighted by atomic mass is 35.5. The van der Waals surface area contributed by atoms with Crippen LogP contribution in [0.15, 0.2) is 30.9 Å². The molecule has 1 aromatic carbocycles. The molecule has 5 nitrogen and oxygen atoms in total. The molecule has 0 aliphatic rings. The molecule has 0 saturated heterocycles. The van der Waals surface area contributed by atoms with E-state index in [0.717, 1.165) is 5.56 Å². The van der Waals surface area contributed by atoms with E-state index in [0.29, 0.717) is 22.3 Å². The van der Waals surface area contributed by atoms with Gasteiger partial charge >= 0.3 is 0 Å². The van der Waals surface area contributed by atoms with Crippen LogP contribution in [0.1, 0.15) is 19.4 Å². The van der Waals surface area contributed by atoms with Crippen LogP contribution >= 0.6 is 23.2 Å². The Labute approximate surface area is 145 Å². The third-order valence-electron chi connectivity index (χ3n) is 3.49. The van der Waals surface area contributed by atoms with E-state index in [4.69, 9.17) is 27.9 Å². The van der Waals surface area contributed by atoms with Gasteiger partial charge in [0, 0.05) is 22.6 Å². The van der Waals surface area contributed by atoms with Crippen molar-refractivity contribution in [1.82, 2.24) is 14.8 Å². The predicted molar refractivity (Wildman–Crippen MR) is 92.3 cm³/mol. The summed E-state index contributed by atoms with van der Waals surface area (Å²) >= 11 is 12.2. The second kappa shape index (κ2) is 7.45. The molecule has 1 N–H and O–H groups in total. The lowest BCUT2D eigenvalue weighted by Crippen LogP contribution is -2.36. The molecule has 0 amide bonds. The van der Waals surface area contributed by atoms with Gasteiger partial charge in [-0.05, 0) is 23.8 Å². The molecule has 1 heterocycles. The molecule has 7 heteroatoms. The lowest BCUT2D eigenvalue weighted by Gasteiger charge is -2.31. The maximum atomic E-state index is 10.8. The van der Waals surface area contributed by atoms with Crippen molar-refractivity contribution in [3.8, 4) is 0 Å². The Morgan fingerprint density at radius 2 is 2.17 bits per heavy atom. The Kier molecular flexibility index (Phi) is 5.81. The summed E-state index contributed by atoms with van der Waals surface area (Å²) in [6.07, 6.45) is 3.88. The number of aromatic nitrogens is 3.